The van der Waals surface area contributed by atoms with Crippen molar-refractivity contribution < 1.29 is 19.1 Å². The van der Waals surface area contributed by atoms with Crippen LogP contribution >= 0.6 is 11.6 Å². The molecule has 7 atom stereocenters. The molecule has 0 aromatic heterocycles. The molecule has 0 aliphatic heterocycles. The molecule has 4 rings (SSSR count). The molecule has 0 aromatic rings. The van der Waals surface area contributed by atoms with Gasteiger partial charge in [0.2, 0.25) is 0 Å². The van der Waals surface area contributed by atoms with Crippen LogP contribution in [0.25, 0.3) is 0 Å². The molecule has 0 heterocycles. The molecular weight excluding hydrogens is 388 g/mol. The first-order valence-corrected chi connectivity index (χ1v) is 11.2. The van der Waals surface area contributed by atoms with E-state index in [4.69, 9.17) is 16.3 Å². The average molecular weight is 419 g/mol. The maximum Gasteiger partial charge on any atom is 0.303 e. The highest BCUT2D eigenvalue weighted by Crippen LogP contribution is 2.69. The van der Waals surface area contributed by atoms with Crippen molar-refractivity contribution in [2.75, 3.05) is 0 Å². The van der Waals surface area contributed by atoms with Crippen LogP contribution in [0, 0.1) is 34.5 Å². The molecule has 0 radical (unpaired) electrons. The molecule has 5 heteroatoms. The number of ketones is 2. The van der Waals surface area contributed by atoms with Crippen LogP contribution in [0.5, 0.6) is 0 Å². The zero-order valence-corrected chi connectivity index (χ0v) is 18.8. The number of Topliss-reactive ketones (excluding diaryl/α,β-unsaturated/α-hetero) is 1. The summed E-state index contributed by atoms with van der Waals surface area (Å²) < 4.78 is 5.90. The fourth-order valence-corrected chi connectivity index (χ4v) is 8.08. The van der Waals surface area contributed by atoms with Crippen LogP contribution < -0.4 is 0 Å². The molecule has 0 spiro atoms. The lowest BCUT2D eigenvalue weighted by atomic mass is 9.48. The molecular formula is C24H31ClO4. The molecule has 29 heavy (non-hydrogen) atoms. The first-order chi connectivity index (χ1) is 13.5. The van der Waals surface area contributed by atoms with Crippen LogP contribution in [0.1, 0.15) is 66.7 Å². The SMILES string of the molecule is CC(=O)O[C@]1(C(C)=O)[C@H](C)C[C@H]2C3C=C(Cl)C4=CC(=O)CC[C@]4(C)[C@H]3CC[C@@]21C. The third kappa shape index (κ3) is 2.60. The van der Waals surface area contributed by atoms with Crippen LogP contribution in [0.15, 0.2) is 22.8 Å². The molecule has 0 saturated heterocycles. The standard InChI is InChI=1S/C24H31ClO4/c1-13-10-19-17-12-21(25)20-11-16(28)6-8-22(20,4)18(17)7-9-23(19,5)24(13,14(2)26)29-15(3)27/h11-13,17-19H,6-10H2,1-5H3/t13-,17?,18+,19+,22-,23+,24+/m1/s1. The van der Waals surface area contributed by atoms with Gasteiger partial charge in [-0.2, -0.15) is 0 Å². The fraction of sp³-hybridized carbons (Fsp3) is 0.708. The molecule has 158 valence electrons. The topological polar surface area (TPSA) is 60.4 Å². The van der Waals surface area contributed by atoms with Gasteiger partial charge in [0.15, 0.2) is 17.2 Å². The Morgan fingerprint density at radius 2 is 1.86 bits per heavy atom. The molecule has 4 aliphatic carbocycles. The van der Waals surface area contributed by atoms with E-state index in [1.165, 1.54) is 6.92 Å². The predicted molar refractivity (Wildman–Crippen MR) is 111 cm³/mol. The average Bonchev–Trinajstić information content (AvgIpc) is 2.85. The third-order valence-electron chi connectivity index (χ3n) is 8.93. The van der Waals surface area contributed by atoms with E-state index in [-0.39, 0.29) is 34.7 Å². The summed E-state index contributed by atoms with van der Waals surface area (Å²) in [4.78, 5) is 37.0. The summed E-state index contributed by atoms with van der Waals surface area (Å²) in [6, 6.07) is 0. The van der Waals surface area contributed by atoms with Gasteiger partial charge in [0.05, 0.1) is 0 Å². The Balaban J connectivity index is 1.83. The quantitative estimate of drug-likeness (QED) is 0.592. The number of esters is 1. The highest BCUT2D eigenvalue weighted by atomic mass is 35.5. The Kier molecular flexibility index (Phi) is 4.70. The van der Waals surface area contributed by atoms with Crippen molar-refractivity contribution in [3.05, 3.63) is 22.8 Å². The third-order valence-corrected chi connectivity index (χ3v) is 9.26. The molecule has 2 saturated carbocycles. The first kappa shape index (κ1) is 20.8. The minimum Gasteiger partial charge on any atom is -0.450 e. The van der Waals surface area contributed by atoms with Gasteiger partial charge in [-0.05, 0) is 67.4 Å². The van der Waals surface area contributed by atoms with Crippen LogP contribution in [-0.4, -0.2) is 23.1 Å². The maximum absolute atomic E-state index is 13.0. The van der Waals surface area contributed by atoms with Gasteiger partial charge in [-0.25, -0.2) is 0 Å². The Labute approximate surface area is 178 Å². The second-order valence-corrected chi connectivity index (χ2v) is 10.6. The Bertz CT molecular complexity index is 857. The van der Waals surface area contributed by atoms with Gasteiger partial charge in [0.25, 0.3) is 0 Å². The monoisotopic (exact) mass is 418 g/mol. The maximum atomic E-state index is 13.0. The lowest BCUT2D eigenvalue weighted by Gasteiger charge is -2.57. The zero-order valence-electron chi connectivity index (χ0n) is 18.0. The highest BCUT2D eigenvalue weighted by molar-refractivity contribution is 6.32. The van der Waals surface area contributed by atoms with E-state index in [1.54, 1.807) is 13.0 Å². The molecule has 4 aliphatic rings. The number of fused-ring (bicyclic) bond motifs is 5. The van der Waals surface area contributed by atoms with E-state index >= 15 is 0 Å². The lowest BCUT2D eigenvalue weighted by molar-refractivity contribution is -0.190. The van der Waals surface area contributed by atoms with Gasteiger partial charge >= 0.3 is 5.97 Å². The Morgan fingerprint density at radius 1 is 1.17 bits per heavy atom. The smallest absolute Gasteiger partial charge is 0.303 e. The molecule has 4 nitrogen and oxygen atoms in total. The van der Waals surface area contributed by atoms with E-state index in [9.17, 15) is 14.4 Å². The van der Waals surface area contributed by atoms with Gasteiger partial charge in [-0.1, -0.05) is 38.4 Å². The van der Waals surface area contributed by atoms with E-state index in [2.05, 4.69) is 19.9 Å². The van der Waals surface area contributed by atoms with Crippen LogP contribution in [0.3, 0.4) is 0 Å². The van der Waals surface area contributed by atoms with E-state index in [0.717, 1.165) is 31.3 Å². The number of halogens is 1. The van der Waals surface area contributed by atoms with Crippen LogP contribution in [0.2, 0.25) is 0 Å². The summed E-state index contributed by atoms with van der Waals surface area (Å²) in [5.74, 6) is 0.487. The summed E-state index contributed by atoms with van der Waals surface area (Å²) >= 11 is 6.74. The molecule has 1 unspecified atom stereocenters. The van der Waals surface area contributed by atoms with Gasteiger partial charge < -0.3 is 4.74 Å². The number of ether oxygens (including phenoxy) is 1. The van der Waals surface area contributed by atoms with Gasteiger partial charge in [0, 0.05) is 29.7 Å². The summed E-state index contributed by atoms with van der Waals surface area (Å²) in [5.41, 5.74) is -0.614. The van der Waals surface area contributed by atoms with Crippen molar-refractivity contribution in [2.45, 2.75) is 72.3 Å². The van der Waals surface area contributed by atoms with Crippen molar-refractivity contribution in [1.29, 1.82) is 0 Å². The summed E-state index contributed by atoms with van der Waals surface area (Å²) in [5, 5.41) is 0.687. The number of rotatable bonds is 2. The summed E-state index contributed by atoms with van der Waals surface area (Å²) in [6.07, 6.45) is 7.88. The number of hydrogen-bond donors (Lipinski definition) is 0. The Morgan fingerprint density at radius 3 is 2.48 bits per heavy atom. The molecule has 2 fully saturated rings. The van der Waals surface area contributed by atoms with E-state index < -0.39 is 17.0 Å². The zero-order chi connectivity index (χ0) is 21.4. The molecule has 0 aromatic carbocycles. The van der Waals surface area contributed by atoms with Gasteiger partial charge in [0.1, 0.15) is 0 Å². The number of allylic oxidation sites excluding steroid dienone is 4. The molecule has 0 bridgehead atoms. The predicted octanol–water partition coefficient (Wildman–Crippen LogP) is 5.00. The summed E-state index contributed by atoms with van der Waals surface area (Å²) in [6.45, 7) is 9.40. The number of carbonyl (C=O) groups excluding carboxylic acids is 3. The normalized spacial score (nSPS) is 46.1. The van der Waals surface area contributed by atoms with E-state index in [1.807, 2.05) is 6.92 Å². The molecule has 0 N–H and O–H groups in total. The first-order valence-electron chi connectivity index (χ1n) is 10.8. The van der Waals surface area contributed by atoms with E-state index in [0.29, 0.717) is 17.4 Å². The van der Waals surface area contributed by atoms with Crippen molar-refractivity contribution in [3.8, 4) is 0 Å². The second kappa shape index (κ2) is 6.54. The van der Waals surface area contributed by atoms with Crippen molar-refractivity contribution in [2.24, 2.45) is 34.5 Å². The second-order valence-electron chi connectivity index (χ2n) is 10.2. The minimum atomic E-state index is -1.08. The van der Waals surface area contributed by atoms with Crippen LogP contribution in [-0.2, 0) is 19.1 Å². The largest absolute Gasteiger partial charge is 0.450 e. The minimum absolute atomic E-state index is 0.0393. The van der Waals surface area contributed by atoms with Crippen molar-refractivity contribution in [3.63, 3.8) is 0 Å². The van der Waals surface area contributed by atoms with Crippen LogP contribution in [0.4, 0.5) is 0 Å². The number of carbonyl (C=O) groups is 3. The summed E-state index contributed by atoms with van der Waals surface area (Å²) in [7, 11) is 0. The fourth-order valence-electron chi connectivity index (χ4n) is 7.67. The van der Waals surface area contributed by atoms with Crippen molar-refractivity contribution >= 4 is 29.1 Å². The van der Waals surface area contributed by atoms with Gasteiger partial charge in [-0.3, -0.25) is 14.4 Å². The lowest BCUT2D eigenvalue weighted by Crippen LogP contribution is -2.59. The highest BCUT2D eigenvalue weighted by Gasteiger charge is 2.70. The molecule has 0 amide bonds. The number of hydrogen-bond acceptors (Lipinski definition) is 4. The Hall–Kier alpha value is -1.42. The van der Waals surface area contributed by atoms with Gasteiger partial charge in [-0.15, -0.1) is 0 Å². The van der Waals surface area contributed by atoms with Crippen molar-refractivity contribution in [1.82, 2.24) is 0 Å².